The van der Waals surface area contributed by atoms with Gasteiger partial charge in [0.2, 0.25) is 15.9 Å². The number of rotatable bonds is 7. The zero-order valence-corrected chi connectivity index (χ0v) is 19.3. The minimum atomic E-state index is -4.02. The van der Waals surface area contributed by atoms with Crippen LogP contribution >= 0.6 is 0 Å². The number of hydrogen-bond donors (Lipinski definition) is 1. The van der Waals surface area contributed by atoms with Gasteiger partial charge in [-0.25, -0.2) is 12.8 Å². The van der Waals surface area contributed by atoms with Gasteiger partial charge < -0.3 is 5.32 Å². The number of nitrogens with one attached hydrogen (secondary N) is 1. The van der Waals surface area contributed by atoms with Gasteiger partial charge >= 0.3 is 0 Å². The van der Waals surface area contributed by atoms with E-state index in [1.165, 1.54) is 29.8 Å². The first-order chi connectivity index (χ1) is 15.8. The van der Waals surface area contributed by atoms with Crippen LogP contribution < -0.4 is 5.32 Å². The van der Waals surface area contributed by atoms with E-state index in [-0.39, 0.29) is 23.0 Å². The van der Waals surface area contributed by atoms with Crippen LogP contribution in [-0.2, 0) is 27.8 Å². The number of sulfonamides is 1. The first-order valence-electron chi connectivity index (χ1n) is 11.0. The maximum absolute atomic E-state index is 14.3. The monoisotopic (exact) mass is 466 g/mol. The van der Waals surface area contributed by atoms with Crippen molar-refractivity contribution < 1.29 is 17.6 Å². The number of amides is 1. The lowest BCUT2D eigenvalue weighted by atomic mass is 9.88. The molecule has 0 aliphatic heterocycles. The normalized spacial score (nSPS) is 15.8. The molecule has 0 heterocycles. The molecule has 1 amide bonds. The van der Waals surface area contributed by atoms with E-state index in [9.17, 15) is 17.6 Å². The van der Waals surface area contributed by atoms with Crippen molar-refractivity contribution in [1.82, 2.24) is 9.62 Å². The molecule has 0 bridgehead atoms. The Morgan fingerprint density at radius 2 is 1.73 bits per heavy atom. The number of benzene rings is 3. The van der Waals surface area contributed by atoms with Crippen LogP contribution in [0.3, 0.4) is 0 Å². The molecule has 0 aromatic heterocycles. The van der Waals surface area contributed by atoms with Crippen molar-refractivity contribution in [3.8, 4) is 0 Å². The van der Waals surface area contributed by atoms with Gasteiger partial charge in [-0.15, -0.1) is 0 Å². The van der Waals surface area contributed by atoms with Crippen LogP contribution in [0.1, 0.15) is 41.1 Å². The summed E-state index contributed by atoms with van der Waals surface area (Å²) < 4.78 is 42.2. The number of carbonyl (C=O) groups excluding carboxylic acids is 1. The van der Waals surface area contributed by atoms with Crippen molar-refractivity contribution in [3.63, 3.8) is 0 Å². The summed E-state index contributed by atoms with van der Waals surface area (Å²) in [6.45, 7) is 1.23. The van der Waals surface area contributed by atoms with Crippen LogP contribution in [-0.4, -0.2) is 25.2 Å². The number of halogens is 1. The van der Waals surface area contributed by atoms with E-state index >= 15 is 0 Å². The molecule has 7 heteroatoms. The first-order valence-corrected chi connectivity index (χ1v) is 12.5. The van der Waals surface area contributed by atoms with Crippen LogP contribution in [0.15, 0.2) is 77.7 Å². The Hall–Kier alpha value is -3.03. The molecule has 5 nitrogen and oxygen atoms in total. The maximum atomic E-state index is 14.3. The van der Waals surface area contributed by atoms with Crippen molar-refractivity contribution in [2.45, 2.75) is 43.7 Å². The Morgan fingerprint density at radius 1 is 1.03 bits per heavy atom. The fourth-order valence-corrected chi connectivity index (χ4v) is 5.58. The van der Waals surface area contributed by atoms with E-state index in [1.54, 1.807) is 24.3 Å². The Bertz CT molecular complexity index is 1240. The standard InChI is InChI=1S/C26H27FN2O3S/c1-19-13-15-22(16-14-19)33(31,32)29(17-21-8-3-5-11-24(21)27)18-26(30)28-25-12-6-9-20-7-2-4-10-23(20)25/h2-5,7-8,10-11,13-16,25H,6,9,12,17-18H2,1H3,(H,28,30)/t25-/m0/s1. The first kappa shape index (κ1) is 23.1. The topological polar surface area (TPSA) is 66.5 Å². The Kier molecular flexibility index (Phi) is 6.91. The van der Waals surface area contributed by atoms with Crippen LogP contribution in [0, 0.1) is 12.7 Å². The van der Waals surface area contributed by atoms with E-state index in [1.807, 2.05) is 25.1 Å². The van der Waals surface area contributed by atoms with Gasteiger partial charge in [0.05, 0.1) is 17.5 Å². The fraction of sp³-hybridized carbons (Fsp3) is 0.269. The third-order valence-corrected chi connectivity index (χ3v) is 7.79. The van der Waals surface area contributed by atoms with Crippen molar-refractivity contribution in [3.05, 3.63) is 101 Å². The van der Waals surface area contributed by atoms with Gasteiger partial charge in [0, 0.05) is 12.1 Å². The summed E-state index contributed by atoms with van der Waals surface area (Å²) in [6.07, 6.45) is 2.70. The molecule has 3 aromatic rings. The van der Waals surface area contributed by atoms with Crippen molar-refractivity contribution >= 4 is 15.9 Å². The third kappa shape index (κ3) is 5.31. The molecule has 33 heavy (non-hydrogen) atoms. The molecule has 0 radical (unpaired) electrons. The zero-order chi connectivity index (χ0) is 23.4. The van der Waals surface area contributed by atoms with Crippen molar-refractivity contribution in [2.24, 2.45) is 0 Å². The summed E-state index contributed by atoms with van der Waals surface area (Å²) in [5.41, 5.74) is 3.40. The molecular weight excluding hydrogens is 439 g/mol. The van der Waals surface area contributed by atoms with Crippen LogP contribution in [0.25, 0.3) is 0 Å². The van der Waals surface area contributed by atoms with Crippen molar-refractivity contribution in [2.75, 3.05) is 6.54 Å². The highest BCUT2D eigenvalue weighted by Crippen LogP contribution is 2.29. The third-order valence-electron chi connectivity index (χ3n) is 5.99. The van der Waals surface area contributed by atoms with Gasteiger partial charge in [0.25, 0.3) is 0 Å². The largest absolute Gasteiger partial charge is 0.348 e. The van der Waals surface area contributed by atoms with E-state index in [0.717, 1.165) is 34.7 Å². The predicted octanol–water partition coefficient (Wildman–Crippen LogP) is 4.52. The molecule has 3 aromatic carbocycles. The predicted molar refractivity (Wildman–Crippen MR) is 125 cm³/mol. The molecule has 1 aliphatic carbocycles. The van der Waals surface area contributed by atoms with Gasteiger partial charge in [-0.2, -0.15) is 4.31 Å². The molecule has 4 rings (SSSR count). The summed E-state index contributed by atoms with van der Waals surface area (Å²) in [5.74, 6) is -0.924. The smallest absolute Gasteiger partial charge is 0.243 e. The molecule has 0 saturated heterocycles. The van der Waals surface area contributed by atoms with Gasteiger partial charge in [0.15, 0.2) is 0 Å². The molecule has 1 aliphatic rings. The fourth-order valence-electron chi connectivity index (χ4n) is 4.21. The molecular formula is C26H27FN2O3S. The summed E-state index contributed by atoms with van der Waals surface area (Å²) in [5, 5.41) is 3.00. The molecule has 0 saturated carbocycles. The number of aryl methyl sites for hydroxylation is 2. The number of nitrogens with zero attached hydrogens (tertiary/aromatic N) is 1. The molecule has 1 atom stereocenters. The van der Waals surface area contributed by atoms with Gasteiger partial charge in [-0.05, 0) is 55.5 Å². The summed E-state index contributed by atoms with van der Waals surface area (Å²) in [4.78, 5) is 13.1. The van der Waals surface area contributed by atoms with Crippen molar-refractivity contribution in [1.29, 1.82) is 0 Å². The Balaban J connectivity index is 1.59. The number of fused-ring (bicyclic) bond motifs is 1. The lowest BCUT2D eigenvalue weighted by Gasteiger charge is -2.28. The lowest BCUT2D eigenvalue weighted by Crippen LogP contribution is -2.42. The number of hydrogen-bond acceptors (Lipinski definition) is 3. The zero-order valence-electron chi connectivity index (χ0n) is 18.5. The second kappa shape index (κ2) is 9.85. The molecule has 0 fully saturated rings. The quantitative estimate of drug-likeness (QED) is 0.557. The molecule has 1 N–H and O–H groups in total. The number of carbonyl (C=O) groups is 1. The SMILES string of the molecule is Cc1ccc(S(=O)(=O)N(CC(=O)N[C@H]2CCCc3ccccc32)Cc2ccccc2F)cc1. The second-order valence-corrected chi connectivity index (χ2v) is 10.3. The Morgan fingerprint density at radius 3 is 2.48 bits per heavy atom. The highest BCUT2D eigenvalue weighted by atomic mass is 32.2. The van der Waals surface area contributed by atoms with Crippen LogP contribution in [0.4, 0.5) is 4.39 Å². The minimum absolute atomic E-state index is 0.0697. The summed E-state index contributed by atoms with van der Waals surface area (Å²) in [6, 6.07) is 20.2. The average Bonchev–Trinajstić information content (AvgIpc) is 2.80. The molecule has 0 spiro atoms. The van der Waals surface area contributed by atoms with E-state index in [0.29, 0.717) is 0 Å². The summed E-state index contributed by atoms with van der Waals surface area (Å²) >= 11 is 0. The molecule has 172 valence electrons. The minimum Gasteiger partial charge on any atom is -0.348 e. The highest BCUT2D eigenvalue weighted by molar-refractivity contribution is 7.89. The average molecular weight is 467 g/mol. The summed E-state index contributed by atoms with van der Waals surface area (Å²) in [7, 11) is -4.02. The Labute approximate surface area is 194 Å². The van der Waals surface area contributed by atoms with E-state index < -0.39 is 28.3 Å². The highest BCUT2D eigenvalue weighted by Gasteiger charge is 2.29. The van der Waals surface area contributed by atoms with Gasteiger partial charge in [0.1, 0.15) is 5.82 Å². The van der Waals surface area contributed by atoms with Gasteiger partial charge in [-0.1, -0.05) is 60.2 Å². The van der Waals surface area contributed by atoms with Crippen LogP contribution in [0.5, 0.6) is 0 Å². The van der Waals surface area contributed by atoms with Crippen LogP contribution in [0.2, 0.25) is 0 Å². The maximum Gasteiger partial charge on any atom is 0.243 e. The lowest BCUT2D eigenvalue weighted by molar-refractivity contribution is -0.122. The van der Waals surface area contributed by atoms with E-state index in [2.05, 4.69) is 11.4 Å². The molecule has 0 unspecified atom stereocenters. The second-order valence-electron chi connectivity index (χ2n) is 8.39. The van der Waals surface area contributed by atoms with E-state index in [4.69, 9.17) is 0 Å². The van der Waals surface area contributed by atoms with Gasteiger partial charge in [-0.3, -0.25) is 4.79 Å².